The van der Waals surface area contributed by atoms with E-state index < -0.39 is 0 Å². The normalized spacial score (nSPS) is 11.2. The lowest BCUT2D eigenvalue weighted by Crippen LogP contribution is -2.34. The summed E-state index contributed by atoms with van der Waals surface area (Å²) >= 11 is 1.91. The summed E-state index contributed by atoms with van der Waals surface area (Å²) in [6.45, 7) is 8.81. The van der Waals surface area contributed by atoms with Gasteiger partial charge in [0, 0.05) is 22.3 Å². The van der Waals surface area contributed by atoms with Crippen molar-refractivity contribution < 1.29 is 4.57 Å². The molecule has 0 saturated carbocycles. The van der Waals surface area contributed by atoms with Crippen molar-refractivity contribution in [2.45, 2.75) is 43.9 Å². The second kappa shape index (κ2) is 4.66. The van der Waals surface area contributed by atoms with Crippen LogP contribution in [0.3, 0.4) is 0 Å². The molecule has 0 unspecified atom stereocenters. The minimum Gasteiger partial charge on any atom is -0.203 e. The summed E-state index contributed by atoms with van der Waals surface area (Å²) in [6, 6.07) is 4.92. The Labute approximate surface area is 85.2 Å². The maximum atomic E-state index is 2.22. The molecule has 0 radical (unpaired) electrons. The van der Waals surface area contributed by atoms with Crippen molar-refractivity contribution in [3.8, 4) is 0 Å². The fraction of sp³-hybridized carbons (Fsp3) is 0.545. The van der Waals surface area contributed by atoms with Gasteiger partial charge in [0.15, 0.2) is 18.4 Å². The lowest BCUT2D eigenvalue weighted by Gasteiger charge is -2.04. The van der Waals surface area contributed by atoms with Crippen molar-refractivity contribution >= 4 is 11.8 Å². The van der Waals surface area contributed by atoms with E-state index in [1.165, 1.54) is 4.90 Å². The Kier molecular flexibility index (Phi) is 3.79. The van der Waals surface area contributed by atoms with Gasteiger partial charge in [-0.05, 0) is 13.8 Å². The van der Waals surface area contributed by atoms with Crippen molar-refractivity contribution in [3.05, 3.63) is 24.5 Å². The average Bonchev–Trinajstić information content (AvgIpc) is 2.04. The Morgan fingerprint density at radius 3 is 2.00 bits per heavy atom. The van der Waals surface area contributed by atoms with Crippen LogP contribution >= 0.6 is 11.8 Å². The van der Waals surface area contributed by atoms with Crippen LogP contribution in [0.15, 0.2) is 29.4 Å². The summed E-state index contributed by atoms with van der Waals surface area (Å²) in [5, 5.41) is 0.662. The minimum absolute atomic E-state index is 0.554. The van der Waals surface area contributed by atoms with Gasteiger partial charge in [-0.15, -0.1) is 11.8 Å². The molecule has 0 aliphatic carbocycles. The van der Waals surface area contributed by atoms with Crippen molar-refractivity contribution in [3.63, 3.8) is 0 Å². The molecule has 1 aromatic rings. The average molecular weight is 196 g/mol. The predicted molar refractivity (Wildman–Crippen MR) is 58.0 cm³/mol. The quantitative estimate of drug-likeness (QED) is 0.531. The maximum absolute atomic E-state index is 2.22. The van der Waals surface area contributed by atoms with Gasteiger partial charge in [0.25, 0.3) is 0 Å². The van der Waals surface area contributed by atoms with Crippen molar-refractivity contribution in [1.82, 2.24) is 0 Å². The molecular formula is C11H18NS+. The van der Waals surface area contributed by atoms with Gasteiger partial charge >= 0.3 is 0 Å². The maximum Gasteiger partial charge on any atom is 0.170 e. The molecule has 0 atom stereocenters. The molecule has 2 heteroatoms. The summed E-state index contributed by atoms with van der Waals surface area (Å²) in [5.41, 5.74) is 0. The van der Waals surface area contributed by atoms with Crippen LogP contribution in [0.1, 0.15) is 33.7 Å². The Bertz CT molecular complexity index is 251. The van der Waals surface area contributed by atoms with Gasteiger partial charge in [0.2, 0.25) is 0 Å². The van der Waals surface area contributed by atoms with Crippen LogP contribution in [-0.4, -0.2) is 5.25 Å². The van der Waals surface area contributed by atoms with Gasteiger partial charge in [-0.25, -0.2) is 4.57 Å². The fourth-order valence-corrected chi connectivity index (χ4v) is 1.94. The van der Waals surface area contributed by atoms with Gasteiger partial charge in [-0.1, -0.05) is 13.8 Å². The van der Waals surface area contributed by atoms with E-state index in [9.17, 15) is 0 Å². The third-order valence-corrected chi connectivity index (χ3v) is 2.81. The molecular weight excluding hydrogens is 178 g/mol. The summed E-state index contributed by atoms with van der Waals surface area (Å²) in [6.07, 6.45) is 4.30. The molecule has 0 spiro atoms. The van der Waals surface area contributed by atoms with E-state index in [1.807, 2.05) is 11.8 Å². The lowest BCUT2D eigenvalue weighted by molar-refractivity contribution is -0.716. The topological polar surface area (TPSA) is 3.88 Å². The first-order chi connectivity index (χ1) is 6.09. The molecule has 72 valence electrons. The Morgan fingerprint density at radius 1 is 1.08 bits per heavy atom. The zero-order chi connectivity index (χ0) is 9.84. The monoisotopic (exact) mass is 196 g/mol. The van der Waals surface area contributed by atoms with E-state index in [0.717, 1.165) is 0 Å². The third kappa shape index (κ3) is 3.39. The number of rotatable bonds is 3. The van der Waals surface area contributed by atoms with Crippen LogP contribution in [0.4, 0.5) is 0 Å². The largest absolute Gasteiger partial charge is 0.203 e. The van der Waals surface area contributed by atoms with Crippen molar-refractivity contribution in [2.75, 3.05) is 0 Å². The van der Waals surface area contributed by atoms with Crippen LogP contribution in [-0.2, 0) is 0 Å². The summed E-state index contributed by atoms with van der Waals surface area (Å²) < 4.78 is 2.21. The molecule has 1 nitrogen and oxygen atoms in total. The van der Waals surface area contributed by atoms with Crippen molar-refractivity contribution in [2.24, 2.45) is 0 Å². The highest BCUT2D eigenvalue weighted by atomic mass is 32.2. The molecule has 1 aromatic heterocycles. The molecule has 0 amide bonds. The van der Waals surface area contributed by atoms with Gasteiger partial charge < -0.3 is 0 Å². The van der Waals surface area contributed by atoms with Crippen LogP contribution in [0, 0.1) is 0 Å². The van der Waals surface area contributed by atoms with Crippen LogP contribution in [0.2, 0.25) is 0 Å². The molecule has 0 bridgehead atoms. The van der Waals surface area contributed by atoms with Crippen LogP contribution in [0.5, 0.6) is 0 Å². The first-order valence-electron chi connectivity index (χ1n) is 4.77. The number of hydrogen-bond donors (Lipinski definition) is 0. The van der Waals surface area contributed by atoms with Gasteiger partial charge in [-0.2, -0.15) is 0 Å². The first-order valence-corrected chi connectivity index (χ1v) is 5.65. The summed E-state index contributed by atoms with van der Waals surface area (Å²) in [7, 11) is 0. The lowest BCUT2D eigenvalue weighted by atomic mass is 10.3. The summed E-state index contributed by atoms with van der Waals surface area (Å²) in [5.74, 6) is 0. The SMILES string of the molecule is CC(C)Sc1cc[n+](C(C)C)cc1. The molecule has 0 fully saturated rings. The van der Waals surface area contributed by atoms with Gasteiger partial charge in [0.1, 0.15) is 0 Å². The summed E-state index contributed by atoms with van der Waals surface area (Å²) in [4.78, 5) is 1.35. The van der Waals surface area contributed by atoms with E-state index in [0.29, 0.717) is 11.3 Å². The van der Waals surface area contributed by atoms with E-state index in [2.05, 4.69) is 56.8 Å². The second-order valence-corrected chi connectivity index (χ2v) is 5.39. The van der Waals surface area contributed by atoms with E-state index in [4.69, 9.17) is 0 Å². The molecule has 0 aliphatic rings. The van der Waals surface area contributed by atoms with Crippen molar-refractivity contribution in [1.29, 1.82) is 0 Å². The number of thioether (sulfide) groups is 1. The first kappa shape index (κ1) is 10.6. The Hall–Kier alpha value is -0.500. The van der Waals surface area contributed by atoms with Crippen LogP contribution in [0.25, 0.3) is 0 Å². The van der Waals surface area contributed by atoms with E-state index in [-0.39, 0.29) is 0 Å². The van der Waals surface area contributed by atoms with Gasteiger partial charge in [0.05, 0.1) is 0 Å². The highest BCUT2D eigenvalue weighted by Crippen LogP contribution is 2.20. The third-order valence-electron chi connectivity index (χ3n) is 1.79. The highest BCUT2D eigenvalue weighted by molar-refractivity contribution is 7.99. The fourth-order valence-electron chi connectivity index (χ4n) is 1.12. The second-order valence-electron chi connectivity index (χ2n) is 3.74. The number of pyridine rings is 1. The molecule has 1 rings (SSSR count). The number of aromatic nitrogens is 1. The van der Waals surface area contributed by atoms with E-state index in [1.54, 1.807) is 0 Å². The molecule has 1 heterocycles. The highest BCUT2D eigenvalue weighted by Gasteiger charge is 2.05. The van der Waals surface area contributed by atoms with Gasteiger partial charge in [-0.3, -0.25) is 0 Å². The zero-order valence-electron chi connectivity index (χ0n) is 8.82. The van der Waals surface area contributed by atoms with E-state index >= 15 is 0 Å². The standard InChI is InChI=1S/C11H18NS/c1-9(2)12-7-5-11(6-8-12)13-10(3)4/h5-10H,1-4H3/q+1. The predicted octanol–water partition coefficient (Wildman–Crippen LogP) is 3.06. The Morgan fingerprint density at radius 2 is 1.62 bits per heavy atom. The number of nitrogens with zero attached hydrogens (tertiary/aromatic N) is 1. The minimum atomic E-state index is 0.554. The molecule has 0 aromatic carbocycles. The van der Waals surface area contributed by atoms with Crippen LogP contribution < -0.4 is 4.57 Å². The zero-order valence-corrected chi connectivity index (χ0v) is 9.64. The smallest absolute Gasteiger partial charge is 0.170 e. The number of hydrogen-bond acceptors (Lipinski definition) is 1. The molecule has 0 N–H and O–H groups in total. The molecule has 0 saturated heterocycles. The molecule has 0 aliphatic heterocycles. The Balaban J connectivity index is 2.70. The molecule has 13 heavy (non-hydrogen) atoms.